The van der Waals surface area contributed by atoms with E-state index in [2.05, 4.69) is 35.2 Å². The molecule has 1 spiro atoms. The molecular weight excluding hydrogens is 298 g/mol. The number of aliphatic hydroxyl groups is 1. The molecular formula is C21H29NO2. The van der Waals surface area contributed by atoms with Gasteiger partial charge in [0.1, 0.15) is 0 Å². The van der Waals surface area contributed by atoms with Gasteiger partial charge in [0, 0.05) is 19.0 Å². The van der Waals surface area contributed by atoms with Gasteiger partial charge in [-0.1, -0.05) is 30.3 Å². The summed E-state index contributed by atoms with van der Waals surface area (Å²) in [5.74, 6) is 1.19. The minimum absolute atomic E-state index is 0.0706. The van der Waals surface area contributed by atoms with Crippen LogP contribution in [0.15, 0.2) is 30.3 Å². The molecule has 0 unspecified atom stereocenters. The lowest BCUT2D eigenvalue weighted by molar-refractivity contribution is -0.153. The van der Waals surface area contributed by atoms with Crippen LogP contribution in [0.2, 0.25) is 0 Å². The fraction of sp³-hybridized carbons (Fsp3) is 0.667. The highest BCUT2D eigenvalue weighted by Gasteiger charge is 2.48. The van der Waals surface area contributed by atoms with E-state index in [0.717, 1.165) is 19.0 Å². The van der Waals surface area contributed by atoms with Crippen LogP contribution in [0.1, 0.15) is 51.0 Å². The molecule has 0 radical (unpaired) electrons. The fourth-order valence-electron chi connectivity index (χ4n) is 5.30. The minimum Gasteiger partial charge on any atom is -0.390 e. The predicted octanol–water partition coefficient (Wildman–Crippen LogP) is 3.41. The van der Waals surface area contributed by atoms with Crippen molar-refractivity contribution >= 4 is 5.91 Å². The predicted molar refractivity (Wildman–Crippen MR) is 94.5 cm³/mol. The van der Waals surface area contributed by atoms with Gasteiger partial charge in [-0.25, -0.2) is 0 Å². The Morgan fingerprint density at radius 2 is 1.75 bits per heavy atom. The first-order valence-electron chi connectivity index (χ1n) is 9.50. The lowest BCUT2D eigenvalue weighted by Gasteiger charge is -2.53. The summed E-state index contributed by atoms with van der Waals surface area (Å²) >= 11 is 0. The second kappa shape index (κ2) is 5.87. The number of likely N-dealkylation sites (tertiary alicyclic amines) is 1. The van der Waals surface area contributed by atoms with Gasteiger partial charge in [-0.15, -0.1) is 0 Å². The molecule has 4 rings (SSSR count). The molecule has 1 aromatic carbocycles. The number of amides is 1. The zero-order valence-electron chi connectivity index (χ0n) is 14.7. The Morgan fingerprint density at radius 1 is 1.12 bits per heavy atom. The highest BCUT2D eigenvalue weighted by Crippen LogP contribution is 2.53. The Hall–Kier alpha value is -1.35. The molecule has 1 saturated heterocycles. The van der Waals surface area contributed by atoms with Crippen LogP contribution in [0.5, 0.6) is 0 Å². The van der Waals surface area contributed by atoms with E-state index in [1.807, 2.05) is 6.92 Å². The molecule has 1 N–H and O–H groups in total. The first-order chi connectivity index (χ1) is 11.4. The first kappa shape index (κ1) is 16.1. The molecule has 1 heterocycles. The van der Waals surface area contributed by atoms with Crippen LogP contribution < -0.4 is 0 Å². The van der Waals surface area contributed by atoms with Gasteiger partial charge in [0.2, 0.25) is 5.91 Å². The molecule has 0 aromatic heterocycles. The van der Waals surface area contributed by atoms with E-state index >= 15 is 0 Å². The van der Waals surface area contributed by atoms with Gasteiger partial charge in [-0.05, 0) is 68.8 Å². The van der Waals surface area contributed by atoms with Crippen molar-refractivity contribution in [2.24, 2.45) is 17.3 Å². The second-order valence-electron chi connectivity index (χ2n) is 8.89. The number of benzene rings is 1. The fourth-order valence-corrected chi connectivity index (χ4v) is 5.30. The van der Waals surface area contributed by atoms with Gasteiger partial charge in [-0.3, -0.25) is 4.79 Å². The number of hydrogen-bond donors (Lipinski definition) is 1. The molecule has 0 bridgehead atoms. The van der Waals surface area contributed by atoms with Gasteiger partial charge in [-0.2, -0.15) is 0 Å². The molecule has 0 atom stereocenters. The van der Waals surface area contributed by atoms with Crippen LogP contribution in [0.4, 0.5) is 0 Å². The molecule has 3 fully saturated rings. The normalized spacial score (nSPS) is 32.2. The number of piperidine rings is 1. The van der Waals surface area contributed by atoms with Gasteiger partial charge < -0.3 is 10.0 Å². The van der Waals surface area contributed by atoms with Crippen molar-refractivity contribution in [2.75, 3.05) is 13.1 Å². The molecule has 24 heavy (non-hydrogen) atoms. The SMILES string of the molecule is C[C@]1(O)C[C@@H](C(=O)N2CCC3(CC2)CC(Cc2ccccc2)C3)C1. The Kier molecular flexibility index (Phi) is 3.95. The van der Waals surface area contributed by atoms with E-state index in [1.165, 1.54) is 37.7 Å². The zero-order chi connectivity index (χ0) is 16.8. The summed E-state index contributed by atoms with van der Waals surface area (Å²) in [6.45, 7) is 3.69. The number of carbonyl (C=O) groups excluding carboxylic acids is 1. The summed E-state index contributed by atoms with van der Waals surface area (Å²) in [7, 11) is 0. The van der Waals surface area contributed by atoms with E-state index in [0.29, 0.717) is 18.3 Å². The third-order valence-electron chi connectivity index (χ3n) is 6.67. The lowest BCUT2D eigenvalue weighted by atomic mass is 9.56. The summed E-state index contributed by atoms with van der Waals surface area (Å²) in [5.41, 5.74) is 1.37. The highest BCUT2D eigenvalue weighted by atomic mass is 16.3. The summed E-state index contributed by atoms with van der Waals surface area (Å²) < 4.78 is 0. The van der Waals surface area contributed by atoms with Crippen LogP contribution in [-0.4, -0.2) is 34.6 Å². The molecule has 3 aliphatic rings. The molecule has 3 heteroatoms. The smallest absolute Gasteiger partial charge is 0.225 e. The number of nitrogens with zero attached hydrogens (tertiary/aromatic N) is 1. The molecule has 3 nitrogen and oxygen atoms in total. The van der Waals surface area contributed by atoms with E-state index in [1.54, 1.807) is 0 Å². The third-order valence-corrected chi connectivity index (χ3v) is 6.67. The van der Waals surface area contributed by atoms with Crippen molar-refractivity contribution in [2.45, 2.75) is 57.5 Å². The standard InChI is InChI=1S/C21H29NO2/c1-20(24)14-18(15-20)19(23)22-9-7-21(8-10-22)12-17(13-21)11-16-5-3-2-4-6-16/h2-6,17-18,24H,7-15H2,1H3/t18-,20+. The number of carbonyl (C=O) groups is 1. The van der Waals surface area contributed by atoms with Crippen LogP contribution in [0, 0.1) is 17.3 Å². The van der Waals surface area contributed by atoms with Crippen molar-refractivity contribution in [3.05, 3.63) is 35.9 Å². The monoisotopic (exact) mass is 327 g/mol. The minimum atomic E-state index is -0.601. The van der Waals surface area contributed by atoms with Crippen molar-refractivity contribution in [3.8, 4) is 0 Å². The average Bonchev–Trinajstić information content (AvgIpc) is 2.52. The Morgan fingerprint density at radius 3 is 2.33 bits per heavy atom. The van der Waals surface area contributed by atoms with Crippen LogP contribution >= 0.6 is 0 Å². The van der Waals surface area contributed by atoms with Gasteiger partial charge in [0.05, 0.1) is 5.60 Å². The van der Waals surface area contributed by atoms with E-state index < -0.39 is 5.60 Å². The van der Waals surface area contributed by atoms with Gasteiger partial charge >= 0.3 is 0 Å². The topological polar surface area (TPSA) is 40.5 Å². The number of rotatable bonds is 3. The zero-order valence-corrected chi connectivity index (χ0v) is 14.7. The van der Waals surface area contributed by atoms with E-state index in [4.69, 9.17) is 0 Å². The highest BCUT2D eigenvalue weighted by molar-refractivity contribution is 5.80. The number of hydrogen-bond acceptors (Lipinski definition) is 2. The molecule has 1 aliphatic heterocycles. The van der Waals surface area contributed by atoms with Crippen molar-refractivity contribution in [1.29, 1.82) is 0 Å². The largest absolute Gasteiger partial charge is 0.390 e. The maximum absolute atomic E-state index is 12.5. The first-order valence-corrected chi connectivity index (χ1v) is 9.50. The van der Waals surface area contributed by atoms with E-state index in [-0.39, 0.29) is 11.8 Å². The summed E-state index contributed by atoms with van der Waals surface area (Å²) in [5, 5.41) is 9.84. The van der Waals surface area contributed by atoms with Crippen LogP contribution in [0.3, 0.4) is 0 Å². The summed E-state index contributed by atoms with van der Waals surface area (Å²) in [6.07, 6.45) is 7.52. The van der Waals surface area contributed by atoms with Crippen molar-refractivity contribution < 1.29 is 9.90 Å². The molecule has 2 saturated carbocycles. The maximum Gasteiger partial charge on any atom is 0.225 e. The van der Waals surface area contributed by atoms with Crippen molar-refractivity contribution in [3.63, 3.8) is 0 Å². The summed E-state index contributed by atoms with van der Waals surface area (Å²) in [4.78, 5) is 14.6. The Labute approximate surface area is 145 Å². The van der Waals surface area contributed by atoms with Crippen LogP contribution in [0.25, 0.3) is 0 Å². The van der Waals surface area contributed by atoms with Crippen molar-refractivity contribution in [1.82, 2.24) is 4.90 Å². The summed E-state index contributed by atoms with van der Waals surface area (Å²) in [6, 6.07) is 10.8. The van der Waals surface area contributed by atoms with E-state index in [9.17, 15) is 9.90 Å². The quantitative estimate of drug-likeness (QED) is 0.924. The second-order valence-corrected chi connectivity index (χ2v) is 8.89. The molecule has 130 valence electrons. The molecule has 1 amide bonds. The van der Waals surface area contributed by atoms with Gasteiger partial charge in [0.25, 0.3) is 0 Å². The third kappa shape index (κ3) is 3.11. The average molecular weight is 327 g/mol. The Balaban J connectivity index is 1.23. The molecule has 1 aromatic rings. The Bertz CT molecular complexity index is 586. The van der Waals surface area contributed by atoms with Gasteiger partial charge in [0.15, 0.2) is 0 Å². The molecule has 2 aliphatic carbocycles. The maximum atomic E-state index is 12.5. The van der Waals surface area contributed by atoms with Crippen LogP contribution in [-0.2, 0) is 11.2 Å². The lowest BCUT2D eigenvalue weighted by Crippen LogP contribution is -2.54.